The number of benzene rings is 1. The molecule has 178 valence electrons. The number of halogens is 3. The molecule has 0 aromatic heterocycles. The largest absolute Gasteiger partial charge is 0.434 e. The maximum absolute atomic E-state index is 12.6. The molecule has 1 saturated heterocycles. The molecule has 0 radical (unpaired) electrons. The molecular formula is C22H38F2IN5O. The van der Waals surface area contributed by atoms with Gasteiger partial charge in [0, 0.05) is 44.8 Å². The summed E-state index contributed by atoms with van der Waals surface area (Å²) in [4.78, 5) is 9.58. The number of alkyl halides is 2. The second-order valence-electron chi connectivity index (χ2n) is 7.59. The van der Waals surface area contributed by atoms with Crippen LogP contribution in [0.15, 0.2) is 23.2 Å². The number of aryl methyl sites for hydroxylation is 1. The first-order valence-corrected chi connectivity index (χ1v) is 11.0. The number of nitrogens with one attached hydrogen (secondary N) is 2. The molecule has 0 bridgehead atoms. The van der Waals surface area contributed by atoms with E-state index in [0.29, 0.717) is 11.5 Å². The van der Waals surface area contributed by atoms with E-state index in [0.717, 1.165) is 57.7 Å². The Morgan fingerprint density at radius 1 is 1.10 bits per heavy atom. The summed E-state index contributed by atoms with van der Waals surface area (Å²) in [7, 11) is 0. The molecule has 0 unspecified atom stereocenters. The normalized spacial score (nSPS) is 15.6. The number of hydrogen-bond acceptors (Lipinski definition) is 4. The quantitative estimate of drug-likeness (QED) is 0.190. The Morgan fingerprint density at radius 3 is 2.45 bits per heavy atom. The van der Waals surface area contributed by atoms with Gasteiger partial charge in [-0.25, -0.2) is 4.99 Å². The van der Waals surface area contributed by atoms with Crippen LogP contribution < -0.4 is 15.4 Å². The third kappa shape index (κ3) is 10.8. The van der Waals surface area contributed by atoms with E-state index in [-0.39, 0.29) is 36.3 Å². The lowest BCUT2D eigenvalue weighted by molar-refractivity contribution is -0.0504. The van der Waals surface area contributed by atoms with Crippen molar-refractivity contribution in [1.29, 1.82) is 0 Å². The molecule has 6 nitrogen and oxygen atoms in total. The number of guanidine groups is 1. The lowest BCUT2D eigenvalue weighted by Gasteiger charge is -2.34. The first kappa shape index (κ1) is 27.8. The smallest absolute Gasteiger partial charge is 0.387 e. The molecule has 2 rings (SSSR count). The molecule has 0 atom stereocenters. The second kappa shape index (κ2) is 15.6. The van der Waals surface area contributed by atoms with Gasteiger partial charge in [-0.2, -0.15) is 8.78 Å². The zero-order chi connectivity index (χ0) is 21.8. The maximum atomic E-state index is 12.6. The van der Waals surface area contributed by atoms with Gasteiger partial charge in [0.25, 0.3) is 0 Å². The molecule has 31 heavy (non-hydrogen) atoms. The van der Waals surface area contributed by atoms with Gasteiger partial charge in [0.2, 0.25) is 0 Å². The van der Waals surface area contributed by atoms with Crippen LogP contribution in [0.1, 0.15) is 37.8 Å². The molecule has 0 spiro atoms. The van der Waals surface area contributed by atoms with Crippen molar-refractivity contribution in [2.45, 2.75) is 46.8 Å². The van der Waals surface area contributed by atoms with Gasteiger partial charge in [-0.1, -0.05) is 24.6 Å². The first-order chi connectivity index (χ1) is 14.5. The minimum absolute atomic E-state index is 0. The zero-order valence-corrected chi connectivity index (χ0v) is 21.3. The number of rotatable bonds is 11. The van der Waals surface area contributed by atoms with E-state index in [1.807, 2.05) is 19.9 Å². The Morgan fingerprint density at radius 2 is 1.81 bits per heavy atom. The van der Waals surface area contributed by atoms with Crippen LogP contribution in [0.4, 0.5) is 8.78 Å². The molecule has 9 heteroatoms. The second-order valence-corrected chi connectivity index (χ2v) is 7.59. The van der Waals surface area contributed by atoms with Crippen LogP contribution in [-0.4, -0.2) is 74.7 Å². The summed E-state index contributed by atoms with van der Waals surface area (Å²) in [6, 6.07) is 5.17. The molecule has 1 aliphatic rings. The van der Waals surface area contributed by atoms with Gasteiger partial charge >= 0.3 is 6.61 Å². The van der Waals surface area contributed by atoms with Crippen LogP contribution in [0, 0.1) is 6.92 Å². The highest BCUT2D eigenvalue weighted by atomic mass is 127. The van der Waals surface area contributed by atoms with Gasteiger partial charge in [0.15, 0.2) is 5.96 Å². The number of unbranched alkanes of at least 4 members (excludes halogenated alkanes) is 1. The van der Waals surface area contributed by atoms with E-state index in [9.17, 15) is 8.78 Å². The summed E-state index contributed by atoms with van der Waals surface area (Å²) in [6.45, 7) is 12.1. The zero-order valence-electron chi connectivity index (χ0n) is 19.0. The van der Waals surface area contributed by atoms with Gasteiger partial charge in [0.05, 0.1) is 6.54 Å². The Labute approximate surface area is 202 Å². The van der Waals surface area contributed by atoms with Crippen molar-refractivity contribution in [3.05, 3.63) is 29.3 Å². The van der Waals surface area contributed by atoms with Gasteiger partial charge in [-0.05, 0) is 45.8 Å². The molecular weight excluding hydrogens is 515 g/mol. The predicted octanol–water partition coefficient (Wildman–Crippen LogP) is 3.69. The fraction of sp³-hybridized carbons (Fsp3) is 0.682. The van der Waals surface area contributed by atoms with Crippen molar-refractivity contribution in [2.24, 2.45) is 4.99 Å². The molecule has 2 N–H and O–H groups in total. The van der Waals surface area contributed by atoms with E-state index in [1.54, 1.807) is 12.1 Å². The first-order valence-electron chi connectivity index (χ1n) is 11.0. The SMILES string of the molecule is CCNC(=NCc1cc(C)ccc1OC(F)F)NCCCCN1CCN(CC)CC1.I. The van der Waals surface area contributed by atoms with E-state index in [1.165, 1.54) is 13.1 Å². The van der Waals surface area contributed by atoms with E-state index in [4.69, 9.17) is 0 Å². The Bertz CT molecular complexity index is 655. The van der Waals surface area contributed by atoms with Gasteiger partial charge < -0.3 is 25.2 Å². The van der Waals surface area contributed by atoms with E-state index in [2.05, 4.69) is 37.1 Å². The van der Waals surface area contributed by atoms with Crippen LogP contribution in [0.2, 0.25) is 0 Å². The minimum atomic E-state index is -2.84. The molecule has 1 aromatic rings. The van der Waals surface area contributed by atoms with Crippen molar-refractivity contribution in [3.63, 3.8) is 0 Å². The van der Waals surface area contributed by atoms with Crippen LogP contribution in [0.25, 0.3) is 0 Å². The highest BCUT2D eigenvalue weighted by molar-refractivity contribution is 14.0. The van der Waals surface area contributed by atoms with Gasteiger partial charge in [0.1, 0.15) is 5.75 Å². The summed E-state index contributed by atoms with van der Waals surface area (Å²) in [6.07, 6.45) is 2.20. The number of aliphatic imine (C=N–C) groups is 1. The van der Waals surface area contributed by atoms with Crippen LogP contribution in [0.5, 0.6) is 5.75 Å². The standard InChI is InChI=1S/C22H37F2N5O.HI/c1-4-25-22(26-10-6-7-11-29-14-12-28(5-2)13-15-29)27-17-19-16-18(3)8-9-20(19)30-21(23)24;/h8-9,16,21H,4-7,10-15,17H2,1-3H3,(H2,25,26,27);1H. The Kier molecular flexibility index (Phi) is 14.0. The summed E-state index contributed by atoms with van der Waals surface area (Å²) < 4.78 is 29.9. The van der Waals surface area contributed by atoms with E-state index >= 15 is 0 Å². The third-order valence-corrected chi connectivity index (χ3v) is 5.29. The topological polar surface area (TPSA) is 52.1 Å². The van der Waals surface area contributed by atoms with Gasteiger partial charge in [-0.15, -0.1) is 24.0 Å². The van der Waals surface area contributed by atoms with Crippen molar-refractivity contribution in [2.75, 3.05) is 52.4 Å². The van der Waals surface area contributed by atoms with Crippen LogP contribution in [-0.2, 0) is 6.54 Å². The lowest BCUT2D eigenvalue weighted by atomic mass is 10.1. The fourth-order valence-electron chi connectivity index (χ4n) is 3.55. The average molecular weight is 553 g/mol. The number of hydrogen-bond donors (Lipinski definition) is 2. The number of nitrogens with zero attached hydrogens (tertiary/aromatic N) is 3. The Balaban J connectivity index is 0.00000480. The molecule has 1 fully saturated rings. The molecule has 1 heterocycles. The fourth-order valence-corrected chi connectivity index (χ4v) is 3.55. The summed E-state index contributed by atoms with van der Waals surface area (Å²) in [5.41, 5.74) is 1.64. The van der Waals surface area contributed by atoms with Crippen molar-refractivity contribution in [3.8, 4) is 5.75 Å². The molecule has 0 aliphatic carbocycles. The summed E-state index contributed by atoms with van der Waals surface area (Å²) in [5, 5.41) is 6.56. The average Bonchev–Trinajstić information content (AvgIpc) is 2.73. The highest BCUT2D eigenvalue weighted by Crippen LogP contribution is 2.22. The predicted molar refractivity (Wildman–Crippen MR) is 134 cm³/mol. The van der Waals surface area contributed by atoms with Gasteiger partial charge in [-0.3, -0.25) is 0 Å². The molecule has 1 aromatic carbocycles. The monoisotopic (exact) mass is 553 g/mol. The van der Waals surface area contributed by atoms with Crippen molar-refractivity contribution >= 4 is 29.9 Å². The summed E-state index contributed by atoms with van der Waals surface area (Å²) >= 11 is 0. The van der Waals surface area contributed by atoms with Crippen molar-refractivity contribution < 1.29 is 13.5 Å². The van der Waals surface area contributed by atoms with Crippen LogP contribution in [0.3, 0.4) is 0 Å². The maximum Gasteiger partial charge on any atom is 0.387 e. The summed E-state index contributed by atoms with van der Waals surface area (Å²) in [5.74, 6) is 0.872. The number of ether oxygens (including phenoxy) is 1. The molecule has 1 aliphatic heterocycles. The molecule has 0 amide bonds. The minimum Gasteiger partial charge on any atom is -0.434 e. The van der Waals surface area contributed by atoms with Crippen LogP contribution >= 0.6 is 24.0 Å². The highest BCUT2D eigenvalue weighted by Gasteiger charge is 2.14. The number of piperazine rings is 1. The van der Waals surface area contributed by atoms with E-state index < -0.39 is 6.61 Å². The molecule has 0 saturated carbocycles. The lowest BCUT2D eigenvalue weighted by Crippen LogP contribution is -2.46. The third-order valence-electron chi connectivity index (χ3n) is 5.29. The van der Waals surface area contributed by atoms with Crippen molar-refractivity contribution in [1.82, 2.24) is 20.4 Å². The Hall–Kier alpha value is -1.20. The number of likely N-dealkylation sites (N-methyl/N-ethyl adjacent to an activating group) is 1.